The maximum absolute atomic E-state index is 11.5. The topological polar surface area (TPSA) is 74.6 Å². The van der Waals surface area contributed by atoms with Gasteiger partial charge in [0, 0.05) is 0 Å². The zero-order chi connectivity index (χ0) is 12.5. The largest absolute Gasteiger partial charge is 0.481 e. The number of carboxylic acid groups (broad SMARTS) is 2. The van der Waals surface area contributed by atoms with Crippen LogP contribution in [0.1, 0.15) is 30.4 Å². The molecule has 1 atom stereocenters. The first kappa shape index (κ1) is 11.6. The molecule has 0 fully saturated rings. The normalized spacial score (nSPS) is 22.8. The Morgan fingerprint density at radius 3 is 2.59 bits per heavy atom. The summed E-state index contributed by atoms with van der Waals surface area (Å²) in [6.07, 6.45) is 1.59. The van der Waals surface area contributed by atoms with Crippen molar-refractivity contribution in [2.75, 3.05) is 0 Å². The molecule has 17 heavy (non-hydrogen) atoms. The molecule has 2 rings (SSSR count). The van der Waals surface area contributed by atoms with Gasteiger partial charge in [-0.2, -0.15) is 0 Å². The number of aryl methyl sites for hydroxylation is 1. The Labute approximate surface area is 98.9 Å². The van der Waals surface area contributed by atoms with E-state index in [1.54, 1.807) is 12.1 Å². The Morgan fingerprint density at radius 2 is 1.94 bits per heavy atom. The van der Waals surface area contributed by atoms with E-state index < -0.39 is 17.4 Å². The van der Waals surface area contributed by atoms with Gasteiger partial charge < -0.3 is 10.2 Å². The molecule has 0 bridgehead atoms. The maximum Gasteiger partial charge on any atom is 0.314 e. The molecular formula is C13H14O4. The second-order valence-corrected chi connectivity index (χ2v) is 4.47. The van der Waals surface area contributed by atoms with Gasteiger partial charge in [0.2, 0.25) is 0 Å². The fourth-order valence-corrected chi connectivity index (χ4v) is 2.66. The van der Waals surface area contributed by atoms with Gasteiger partial charge in [-0.15, -0.1) is 0 Å². The molecule has 0 saturated heterocycles. The van der Waals surface area contributed by atoms with Crippen LogP contribution in [0.5, 0.6) is 0 Å². The summed E-state index contributed by atoms with van der Waals surface area (Å²) in [5.74, 6) is -2.10. The van der Waals surface area contributed by atoms with Gasteiger partial charge in [0.25, 0.3) is 0 Å². The zero-order valence-electron chi connectivity index (χ0n) is 9.35. The van der Waals surface area contributed by atoms with Gasteiger partial charge in [0.15, 0.2) is 0 Å². The number of carboxylic acids is 2. The second-order valence-electron chi connectivity index (χ2n) is 4.47. The molecule has 0 amide bonds. The smallest absolute Gasteiger partial charge is 0.314 e. The average Bonchev–Trinajstić information content (AvgIpc) is 2.28. The van der Waals surface area contributed by atoms with E-state index in [1.807, 2.05) is 12.1 Å². The van der Waals surface area contributed by atoms with Crippen molar-refractivity contribution in [1.82, 2.24) is 0 Å². The minimum Gasteiger partial charge on any atom is -0.481 e. The molecule has 0 heterocycles. The molecule has 4 nitrogen and oxygen atoms in total. The van der Waals surface area contributed by atoms with E-state index in [1.165, 1.54) is 0 Å². The molecule has 1 aliphatic rings. The van der Waals surface area contributed by atoms with Crippen LogP contribution in [-0.2, 0) is 21.4 Å². The lowest BCUT2D eigenvalue weighted by Crippen LogP contribution is -2.41. The van der Waals surface area contributed by atoms with Gasteiger partial charge in [-0.1, -0.05) is 24.3 Å². The van der Waals surface area contributed by atoms with E-state index in [0.29, 0.717) is 12.0 Å². The first-order chi connectivity index (χ1) is 8.06. The summed E-state index contributed by atoms with van der Waals surface area (Å²) in [5, 5.41) is 18.4. The van der Waals surface area contributed by atoms with Crippen LogP contribution in [0.25, 0.3) is 0 Å². The van der Waals surface area contributed by atoms with Crippen LogP contribution in [0.4, 0.5) is 0 Å². The van der Waals surface area contributed by atoms with E-state index in [9.17, 15) is 14.7 Å². The van der Waals surface area contributed by atoms with Crippen molar-refractivity contribution in [3.05, 3.63) is 35.4 Å². The van der Waals surface area contributed by atoms with Crippen LogP contribution in [0.15, 0.2) is 24.3 Å². The Bertz CT molecular complexity index is 466. The van der Waals surface area contributed by atoms with Crippen molar-refractivity contribution in [2.45, 2.75) is 31.1 Å². The van der Waals surface area contributed by atoms with E-state index in [-0.39, 0.29) is 6.42 Å². The maximum atomic E-state index is 11.5. The predicted molar refractivity (Wildman–Crippen MR) is 60.9 cm³/mol. The van der Waals surface area contributed by atoms with Crippen molar-refractivity contribution in [2.24, 2.45) is 0 Å². The summed E-state index contributed by atoms with van der Waals surface area (Å²) >= 11 is 0. The Morgan fingerprint density at radius 1 is 1.24 bits per heavy atom. The number of aliphatic carboxylic acids is 2. The lowest BCUT2D eigenvalue weighted by Gasteiger charge is -2.34. The highest BCUT2D eigenvalue weighted by molar-refractivity contribution is 5.87. The summed E-state index contributed by atoms with van der Waals surface area (Å²) < 4.78 is 0. The fraction of sp³-hybridized carbons (Fsp3) is 0.385. The standard InChI is InChI=1S/C13H14O4/c14-11(15)8-13(12(16)17)7-3-5-9-4-1-2-6-10(9)13/h1-2,4,6H,3,5,7-8H2,(H,14,15)(H,16,17)/t13-/m0/s1. The summed E-state index contributed by atoms with van der Waals surface area (Å²) in [5.41, 5.74) is 0.379. The molecule has 2 N–H and O–H groups in total. The molecule has 0 saturated carbocycles. The lowest BCUT2D eigenvalue weighted by molar-refractivity contribution is -0.151. The van der Waals surface area contributed by atoms with Gasteiger partial charge >= 0.3 is 11.9 Å². The van der Waals surface area contributed by atoms with E-state index in [2.05, 4.69) is 0 Å². The molecule has 0 radical (unpaired) electrons. The van der Waals surface area contributed by atoms with E-state index in [0.717, 1.165) is 18.4 Å². The van der Waals surface area contributed by atoms with Crippen molar-refractivity contribution in [3.63, 3.8) is 0 Å². The quantitative estimate of drug-likeness (QED) is 0.836. The minimum absolute atomic E-state index is 0.348. The second kappa shape index (κ2) is 4.20. The summed E-state index contributed by atoms with van der Waals surface area (Å²) in [6, 6.07) is 7.25. The van der Waals surface area contributed by atoms with Gasteiger partial charge in [-0.3, -0.25) is 9.59 Å². The van der Waals surface area contributed by atoms with Crippen LogP contribution >= 0.6 is 0 Å². The monoisotopic (exact) mass is 234 g/mol. The number of rotatable bonds is 3. The summed E-state index contributed by atoms with van der Waals surface area (Å²) in [7, 11) is 0. The number of fused-ring (bicyclic) bond motifs is 1. The summed E-state index contributed by atoms with van der Waals surface area (Å²) in [4.78, 5) is 22.4. The third-order valence-electron chi connectivity index (χ3n) is 3.44. The predicted octanol–water partition coefficient (Wildman–Crippen LogP) is 1.82. The Hall–Kier alpha value is -1.84. The van der Waals surface area contributed by atoms with Gasteiger partial charge in [0.1, 0.15) is 5.41 Å². The van der Waals surface area contributed by atoms with Gasteiger partial charge in [-0.25, -0.2) is 0 Å². The van der Waals surface area contributed by atoms with Crippen molar-refractivity contribution >= 4 is 11.9 Å². The molecule has 4 heteroatoms. The summed E-state index contributed by atoms with van der Waals surface area (Å²) in [6.45, 7) is 0. The first-order valence-corrected chi connectivity index (χ1v) is 5.60. The molecule has 1 aromatic rings. The first-order valence-electron chi connectivity index (χ1n) is 5.60. The van der Waals surface area contributed by atoms with E-state index in [4.69, 9.17) is 5.11 Å². The van der Waals surface area contributed by atoms with Crippen LogP contribution < -0.4 is 0 Å². The van der Waals surface area contributed by atoms with Crippen LogP contribution in [-0.4, -0.2) is 22.2 Å². The van der Waals surface area contributed by atoms with Gasteiger partial charge in [-0.05, 0) is 30.4 Å². The Balaban J connectivity index is 2.55. The SMILES string of the molecule is O=C(O)C[C@@]1(C(=O)O)CCCc2ccccc21. The zero-order valence-corrected chi connectivity index (χ0v) is 9.35. The van der Waals surface area contributed by atoms with Gasteiger partial charge in [0.05, 0.1) is 6.42 Å². The minimum atomic E-state index is -1.25. The molecule has 0 spiro atoms. The highest BCUT2D eigenvalue weighted by Gasteiger charge is 2.45. The van der Waals surface area contributed by atoms with Crippen LogP contribution in [0.2, 0.25) is 0 Å². The highest BCUT2D eigenvalue weighted by Crippen LogP contribution is 2.40. The lowest BCUT2D eigenvalue weighted by atomic mass is 9.68. The van der Waals surface area contributed by atoms with Crippen LogP contribution in [0.3, 0.4) is 0 Å². The van der Waals surface area contributed by atoms with E-state index >= 15 is 0 Å². The van der Waals surface area contributed by atoms with Crippen molar-refractivity contribution in [1.29, 1.82) is 0 Å². The highest BCUT2D eigenvalue weighted by atomic mass is 16.4. The fourth-order valence-electron chi connectivity index (χ4n) is 2.66. The van der Waals surface area contributed by atoms with Crippen LogP contribution in [0, 0.1) is 0 Å². The van der Waals surface area contributed by atoms with Crippen molar-refractivity contribution in [3.8, 4) is 0 Å². The molecule has 0 aliphatic heterocycles. The number of hydrogen-bond acceptors (Lipinski definition) is 2. The number of hydrogen-bond donors (Lipinski definition) is 2. The van der Waals surface area contributed by atoms with Crippen molar-refractivity contribution < 1.29 is 19.8 Å². The molecular weight excluding hydrogens is 220 g/mol. The molecule has 1 aliphatic carbocycles. The average molecular weight is 234 g/mol. The Kier molecular flexibility index (Phi) is 2.88. The third-order valence-corrected chi connectivity index (χ3v) is 3.44. The third kappa shape index (κ3) is 1.90. The molecule has 90 valence electrons. The number of carbonyl (C=O) groups is 2. The molecule has 0 unspecified atom stereocenters. The molecule has 0 aromatic heterocycles. The number of benzene rings is 1. The molecule has 1 aromatic carbocycles.